The van der Waals surface area contributed by atoms with Gasteiger partial charge >= 0.3 is 0 Å². The Balaban J connectivity index is 2.80. The lowest BCUT2D eigenvalue weighted by Crippen LogP contribution is -2.30. The van der Waals surface area contributed by atoms with Gasteiger partial charge in [-0.2, -0.15) is 0 Å². The van der Waals surface area contributed by atoms with E-state index in [1.54, 1.807) is 0 Å². The molecule has 0 aromatic heterocycles. The fraction of sp³-hybridized carbons (Fsp3) is 0.647. The van der Waals surface area contributed by atoms with Crippen molar-refractivity contribution in [3.05, 3.63) is 35.4 Å². The molecule has 0 amide bonds. The molecule has 1 N–H and O–H groups in total. The van der Waals surface area contributed by atoms with Crippen LogP contribution in [-0.4, -0.2) is 10.7 Å². The lowest BCUT2D eigenvalue weighted by atomic mass is 9.84. The smallest absolute Gasteiger partial charge is 0.0685 e. The van der Waals surface area contributed by atoms with Crippen LogP contribution in [0.25, 0.3) is 0 Å². The second kappa shape index (κ2) is 5.88. The van der Waals surface area contributed by atoms with Gasteiger partial charge in [0.15, 0.2) is 0 Å². The van der Waals surface area contributed by atoms with Crippen molar-refractivity contribution in [3.63, 3.8) is 0 Å². The molecule has 1 heteroatoms. The van der Waals surface area contributed by atoms with Crippen LogP contribution in [0.1, 0.15) is 65.0 Å². The summed E-state index contributed by atoms with van der Waals surface area (Å²) in [7, 11) is 0. The van der Waals surface area contributed by atoms with Crippen LogP contribution < -0.4 is 0 Å². The van der Waals surface area contributed by atoms with E-state index in [9.17, 15) is 5.11 Å². The average molecular weight is 248 g/mol. The van der Waals surface area contributed by atoms with Gasteiger partial charge in [0, 0.05) is 6.42 Å². The third-order valence-electron chi connectivity index (χ3n) is 3.73. The van der Waals surface area contributed by atoms with Gasteiger partial charge in [0.2, 0.25) is 0 Å². The van der Waals surface area contributed by atoms with E-state index in [1.807, 2.05) is 0 Å². The van der Waals surface area contributed by atoms with Crippen molar-refractivity contribution in [1.29, 1.82) is 0 Å². The molecule has 1 rings (SSSR count). The van der Waals surface area contributed by atoms with E-state index in [1.165, 1.54) is 11.1 Å². The van der Waals surface area contributed by atoms with Crippen molar-refractivity contribution in [2.45, 2.75) is 71.3 Å². The monoisotopic (exact) mass is 248 g/mol. The lowest BCUT2D eigenvalue weighted by Gasteiger charge is -2.27. The van der Waals surface area contributed by atoms with Crippen molar-refractivity contribution < 1.29 is 5.11 Å². The fourth-order valence-corrected chi connectivity index (χ4v) is 2.36. The van der Waals surface area contributed by atoms with Gasteiger partial charge in [0.05, 0.1) is 5.60 Å². The molecule has 1 nitrogen and oxygen atoms in total. The van der Waals surface area contributed by atoms with Gasteiger partial charge in [0.25, 0.3) is 0 Å². The summed E-state index contributed by atoms with van der Waals surface area (Å²) in [5.41, 5.74) is 2.25. The zero-order valence-corrected chi connectivity index (χ0v) is 12.6. The molecule has 18 heavy (non-hydrogen) atoms. The molecule has 0 fully saturated rings. The minimum atomic E-state index is -0.530. The SMILES string of the molecule is CCCC(O)(CC)Cc1ccc(C(C)(C)C)cc1. The van der Waals surface area contributed by atoms with Gasteiger partial charge in [-0.1, -0.05) is 65.3 Å². The van der Waals surface area contributed by atoms with Gasteiger partial charge in [-0.15, -0.1) is 0 Å². The van der Waals surface area contributed by atoms with E-state index in [2.05, 4.69) is 58.9 Å². The molecule has 1 atom stereocenters. The highest BCUT2D eigenvalue weighted by Crippen LogP contribution is 2.26. The van der Waals surface area contributed by atoms with Crippen LogP contribution in [0.5, 0.6) is 0 Å². The van der Waals surface area contributed by atoms with E-state index >= 15 is 0 Å². The zero-order chi connectivity index (χ0) is 13.8. The lowest BCUT2D eigenvalue weighted by molar-refractivity contribution is 0.0271. The summed E-state index contributed by atoms with van der Waals surface area (Å²) < 4.78 is 0. The van der Waals surface area contributed by atoms with Gasteiger partial charge in [0.1, 0.15) is 0 Å². The molecule has 0 radical (unpaired) electrons. The number of aliphatic hydroxyl groups is 1. The predicted molar refractivity (Wildman–Crippen MR) is 79.0 cm³/mol. The van der Waals surface area contributed by atoms with E-state index in [0.717, 1.165) is 25.7 Å². The molecule has 0 bridgehead atoms. The molecule has 0 aliphatic carbocycles. The number of rotatable bonds is 5. The summed E-state index contributed by atoms with van der Waals surface area (Å²) in [6.45, 7) is 10.9. The first kappa shape index (κ1) is 15.2. The molecule has 1 aromatic carbocycles. The summed E-state index contributed by atoms with van der Waals surface area (Å²) in [6.07, 6.45) is 3.50. The van der Waals surface area contributed by atoms with Crippen molar-refractivity contribution >= 4 is 0 Å². The van der Waals surface area contributed by atoms with Crippen molar-refractivity contribution in [3.8, 4) is 0 Å². The van der Waals surface area contributed by atoms with Crippen molar-refractivity contribution in [2.24, 2.45) is 0 Å². The van der Waals surface area contributed by atoms with Gasteiger partial charge in [-0.3, -0.25) is 0 Å². The molecule has 0 saturated heterocycles. The standard InChI is InChI=1S/C17H28O/c1-6-12-17(18,7-2)13-14-8-10-15(11-9-14)16(3,4)5/h8-11,18H,6-7,12-13H2,1-5H3. The molecular weight excluding hydrogens is 220 g/mol. The maximum absolute atomic E-state index is 10.5. The van der Waals surface area contributed by atoms with Crippen LogP contribution in [0.3, 0.4) is 0 Å². The topological polar surface area (TPSA) is 20.2 Å². The highest BCUT2D eigenvalue weighted by Gasteiger charge is 2.24. The molecule has 1 unspecified atom stereocenters. The van der Waals surface area contributed by atoms with E-state index in [0.29, 0.717) is 0 Å². The third-order valence-corrected chi connectivity index (χ3v) is 3.73. The average Bonchev–Trinajstić information content (AvgIpc) is 2.29. The Morgan fingerprint density at radius 3 is 1.94 bits per heavy atom. The van der Waals surface area contributed by atoms with E-state index < -0.39 is 5.60 Å². The van der Waals surface area contributed by atoms with Gasteiger partial charge < -0.3 is 5.11 Å². The zero-order valence-electron chi connectivity index (χ0n) is 12.6. The van der Waals surface area contributed by atoms with Crippen LogP contribution in [0.4, 0.5) is 0 Å². The molecular formula is C17H28O. The Labute approximate surface area is 112 Å². The largest absolute Gasteiger partial charge is 0.390 e. The van der Waals surface area contributed by atoms with Crippen LogP contribution in [-0.2, 0) is 11.8 Å². The Morgan fingerprint density at radius 2 is 1.56 bits per heavy atom. The number of benzene rings is 1. The van der Waals surface area contributed by atoms with E-state index in [4.69, 9.17) is 0 Å². The van der Waals surface area contributed by atoms with E-state index in [-0.39, 0.29) is 5.41 Å². The molecule has 0 saturated carbocycles. The maximum Gasteiger partial charge on any atom is 0.0685 e. The van der Waals surface area contributed by atoms with Crippen LogP contribution in [0.15, 0.2) is 24.3 Å². The summed E-state index contributed by atoms with van der Waals surface area (Å²) in [4.78, 5) is 0. The van der Waals surface area contributed by atoms with Gasteiger partial charge in [-0.25, -0.2) is 0 Å². The third kappa shape index (κ3) is 4.13. The van der Waals surface area contributed by atoms with Crippen molar-refractivity contribution in [1.82, 2.24) is 0 Å². The first-order valence-electron chi connectivity index (χ1n) is 7.12. The second-order valence-corrected chi connectivity index (χ2v) is 6.45. The van der Waals surface area contributed by atoms with Crippen LogP contribution in [0.2, 0.25) is 0 Å². The number of hydrogen-bond acceptors (Lipinski definition) is 1. The Hall–Kier alpha value is -0.820. The first-order valence-corrected chi connectivity index (χ1v) is 7.12. The molecule has 0 spiro atoms. The van der Waals surface area contributed by atoms with Crippen molar-refractivity contribution in [2.75, 3.05) is 0 Å². The second-order valence-electron chi connectivity index (χ2n) is 6.45. The summed E-state index contributed by atoms with van der Waals surface area (Å²) in [5, 5.41) is 10.5. The Bertz CT molecular complexity index is 358. The predicted octanol–water partition coefficient (Wildman–Crippen LogP) is 4.47. The fourth-order valence-electron chi connectivity index (χ4n) is 2.36. The number of hydrogen-bond donors (Lipinski definition) is 1. The van der Waals surface area contributed by atoms with Crippen LogP contribution in [0, 0.1) is 0 Å². The normalized spacial score (nSPS) is 15.4. The highest BCUT2D eigenvalue weighted by atomic mass is 16.3. The quantitative estimate of drug-likeness (QED) is 0.815. The highest BCUT2D eigenvalue weighted by molar-refractivity contribution is 5.28. The minimum absolute atomic E-state index is 0.197. The Morgan fingerprint density at radius 1 is 1.00 bits per heavy atom. The summed E-state index contributed by atoms with van der Waals surface area (Å²) >= 11 is 0. The minimum Gasteiger partial charge on any atom is -0.390 e. The van der Waals surface area contributed by atoms with Crippen LogP contribution >= 0.6 is 0 Å². The first-order chi connectivity index (χ1) is 8.30. The molecule has 102 valence electrons. The molecule has 1 aromatic rings. The molecule has 0 heterocycles. The Kier molecular flexibility index (Phi) is 4.98. The molecule has 0 aliphatic heterocycles. The molecule has 0 aliphatic rings. The summed E-state index contributed by atoms with van der Waals surface area (Å²) in [5.74, 6) is 0. The van der Waals surface area contributed by atoms with Gasteiger partial charge in [-0.05, 0) is 29.4 Å². The maximum atomic E-state index is 10.5. The summed E-state index contributed by atoms with van der Waals surface area (Å²) in [6, 6.07) is 8.71.